The van der Waals surface area contributed by atoms with Gasteiger partial charge in [0.15, 0.2) is 0 Å². The molecule has 0 saturated heterocycles. The van der Waals surface area contributed by atoms with Crippen LogP contribution in [0.2, 0.25) is 0 Å². The second-order valence-electron chi connectivity index (χ2n) is 5.21. The molecule has 0 atom stereocenters. The largest absolute Gasteiger partial charge is 0.355 e. The second-order valence-corrected chi connectivity index (χ2v) is 6.21. The predicted molar refractivity (Wildman–Crippen MR) is 92.5 cm³/mol. The zero-order valence-electron chi connectivity index (χ0n) is 13.9. The lowest BCUT2D eigenvalue weighted by molar-refractivity contribution is -0.121. The fraction of sp³-hybridized carbons (Fsp3) is 0.353. The molecule has 1 aromatic carbocycles. The number of benzene rings is 1. The average molecular weight is 349 g/mol. The zero-order valence-corrected chi connectivity index (χ0v) is 14.7. The third kappa shape index (κ3) is 4.17. The number of nitrogens with one attached hydrogen (secondary N) is 1. The number of halogens is 1. The molecule has 5 nitrogen and oxygen atoms in total. The predicted octanol–water partition coefficient (Wildman–Crippen LogP) is 2.86. The van der Waals surface area contributed by atoms with Crippen LogP contribution in [0.4, 0.5) is 4.39 Å². The van der Waals surface area contributed by atoms with Crippen molar-refractivity contribution in [3.63, 3.8) is 0 Å². The standard InChI is InChI=1S/C17H20FN3O2S/c1-4-19-14(22)10-21(5-2)17(23)15-11(3)20-16(24-15)12-6-8-13(18)9-7-12/h6-9H,4-5,10H2,1-3H3,(H,19,22). The lowest BCUT2D eigenvalue weighted by Gasteiger charge is -2.19. The van der Waals surface area contributed by atoms with Crippen LogP contribution in [-0.4, -0.2) is 41.3 Å². The topological polar surface area (TPSA) is 62.3 Å². The van der Waals surface area contributed by atoms with Crippen LogP contribution < -0.4 is 5.32 Å². The smallest absolute Gasteiger partial charge is 0.266 e. The Morgan fingerprint density at radius 2 is 1.92 bits per heavy atom. The van der Waals surface area contributed by atoms with E-state index in [1.54, 1.807) is 19.1 Å². The molecule has 0 aliphatic rings. The Labute approximate surface area is 144 Å². The zero-order chi connectivity index (χ0) is 17.7. The van der Waals surface area contributed by atoms with Gasteiger partial charge in [-0.15, -0.1) is 11.3 Å². The minimum atomic E-state index is -0.317. The number of aromatic nitrogens is 1. The maximum atomic E-state index is 13.0. The highest BCUT2D eigenvalue weighted by atomic mass is 32.1. The fourth-order valence-corrected chi connectivity index (χ4v) is 3.25. The van der Waals surface area contributed by atoms with Gasteiger partial charge in [0.2, 0.25) is 5.91 Å². The number of hydrogen-bond donors (Lipinski definition) is 1. The molecule has 0 radical (unpaired) electrons. The molecule has 0 bridgehead atoms. The number of carbonyl (C=O) groups is 2. The van der Waals surface area contributed by atoms with Crippen LogP contribution in [0.5, 0.6) is 0 Å². The summed E-state index contributed by atoms with van der Waals surface area (Å²) >= 11 is 1.25. The van der Waals surface area contributed by atoms with Gasteiger partial charge < -0.3 is 10.2 Å². The van der Waals surface area contributed by atoms with E-state index >= 15 is 0 Å². The Hall–Kier alpha value is -2.28. The van der Waals surface area contributed by atoms with Crippen LogP contribution in [-0.2, 0) is 4.79 Å². The quantitative estimate of drug-likeness (QED) is 0.872. The van der Waals surface area contributed by atoms with E-state index in [-0.39, 0.29) is 24.2 Å². The van der Waals surface area contributed by atoms with Crippen LogP contribution in [0.3, 0.4) is 0 Å². The third-order valence-corrected chi connectivity index (χ3v) is 4.65. The Kier molecular flexibility index (Phi) is 6.03. The summed E-state index contributed by atoms with van der Waals surface area (Å²) in [6, 6.07) is 5.99. The number of hydrogen-bond acceptors (Lipinski definition) is 4. The molecule has 0 unspecified atom stereocenters. The van der Waals surface area contributed by atoms with E-state index in [1.807, 2.05) is 13.8 Å². The van der Waals surface area contributed by atoms with E-state index in [1.165, 1.54) is 28.4 Å². The first kappa shape index (κ1) is 18.1. The van der Waals surface area contributed by atoms with E-state index in [0.717, 1.165) is 5.56 Å². The van der Waals surface area contributed by atoms with Gasteiger partial charge in [-0.25, -0.2) is 9.37 Å². The van der Waals surface area contributed by atoms with Crippen molar-refractivity contribution in [1.29, 1.82) is 0 Å². The highest BCUT2D eigenvalue weighted by molar-refractivity contribution is 7.17. The molecule has 0 spiro atoms. The molecular formula is C17H20FN3O2S. The van der Waals surface area contributed by atoms with Crippen molar-refractivity contribution in [2.24, 2.45) is 0 Å². The van der Waals surface area contributed by atoms with Crippen molar-refractivity contribution in [1.82, 2.24) is 15.2 Å². The first-order chi connectivity index (χ1) is 11.5. The van der Waals surface area contributed by atoms with Gasteiger partial charge in [0.05, 0.1) is 12.2 Å². The van der Waals surface area contributed by atoms with E-state index in [2.05, 4.69) is 10.3 Å². The summed E-state index contributed by atoms with van der Waals surface area (Å²) in [5.74, 6) is -0.719. The summed E-state index contributed by atoms with van der Waals surface area (Å²) in [5.41, 5.74) is 1.37. The van der Waals surface area contributed by atoms with Gasteiger partial charge in [-0.05, 0) is 45.0 Å². The van der Waals surface area contributed by atoms with Crippen LogP contribution in [0, 0.1) is 12.7 Å². The lowest BCUT2D eigenvalue weighted by Crippen LogP contribution is -2.40. The summed E-state index contributed by atoms with van der Waals surface area (Å²) in [6.07, 6.45) is 0. The molecule has 7 heteroatoms. The fourth-order valence-electron chi connectivity index (χ4n) is 2.21. The maximum absolute atomic E-state index is 13.0. The van der Waals surface area contributed by atoms with Crippen LogP contribution in [0.1, 0.15) is 29.2 Å². The molecule has 0 aliphatic heterocycles. The molecule has 2 rings (SSSR count). The Morgan fingerprint density at radius 1 is 1.25 bits per heavy atom. The molecule has 0 aliphatic carbocycles. The minimum Gasteiger partial charge on any atom is -0.355 e. The minimum absolute atomic E-state index is 0.0202. The number of likely N-dealkylation sites (N-methyl/N-ethyl adjacent to an activating group) is 2. The Bertz CT molecular complexity index is 728. The second kappa shape index (κ2) is 8.01. The van der Waals surface area contributed by atoms with Crippen LogP contribution in [0.25, 0.3) is 10.6 Å². The first-order valence-corrected chi connectivity index (χ1v) is 8.57. The normalized spacial score (nSPS) is 10.5. The maximum Gasteiger partial charge on any atom is 0.266 e. The highest BCUT2D eigenvalue weighted by Gasteiger charge is 2.22. The van der Waals surface area contributed by atoms with Gasteiger partial charge in [-0.3, -0.25) is 9.59 Å². The molecule has 1 heterocycles. The van der Waals surface area contributed by atoms with Crippen molar-refractivity contribution < 1.29 is 14.0 Å². The molecule has 128 valence electrons. The van der Waals surface area contributed by atoms with E-state index < -0.39 is 0 Å². The third-order valence-electron chi connectivity index (χ3n) is 3.46. The number of carbonyl (C=O) groups excluding carboxylic acids is 2. The molecular weight excluding hydrogens is 329 g/mol. The van der Waals surface area contributed by atoms with Crippen molar-refractivity contribution in [3.05, 3.63) is 40.7 Å². The summed E-state index contributed by atoms with van der Waals surface area (Å²) in [5, 5.41) is 3.34. The van der Waals surface area contributed by atoms with Crippen molar-refractivity contribution in [3.8, 4) is 10.6 Å². The van der Waals surface area contributed by atoms with Crippen molar-refractivity contribution >= 4 is 23.2 Å². The molecule has 2 amide bonds. The lowest BCUT2D eigenvalue weighted by atomic mass is 10.2. The summed E-state index contributed by atoms with van der Waals surface area (Å²) in [4.78, 5) is 30.8. The number of nitrogens with zero attached hydrogens (tertiary/aromatic N) is 2. The highest BCUT2D eigenvalue weighted by Crippen LogP contribution is 2.28. The summed E-state index contributed by atoms with van der Waals surface area (Å²) in [6.45, 7) is 6.40. The van der Waals surface area contributed by atoms with Crippen molar-refractivity contribution in [2.75, 3.05) is 19.6 Å². The van der Waals surface area contributed by atoms with E-state index in [9.17, 15) is 14.0 Å². The molecule has 0 saturated carbocycles. The van der Waals surface area contributed by atoms with E-state index in [0.29, 0.717) is 28.7 Å². The van der Waals surface area contributed by atoms with Gasteiger partial charge in [-0.1, -0.05) is 0 Å². The average Bonchev–Trinajstić information content (AvgIpc) is 2.94. The van der Waals surface area contributed by atoms with Crippen LogP contribution >= 0.6 is 11.3 Å². The van der Waals surface area contributed by atoms with Gasteiger partial charge in [0.1, 0.15) is 15.7 Å². The van der Waals surface area contributed by atoms with Gasteiger partial charge in [0.25, 0.3) is 5.91 Å². The first-order valence-electron chi connectivity index (χ1n) is 7.75. The number of rotatable bonds is 6. The Balaban J connectivity index is 2.22. The molecule has 24 heavy (non-hydrogen) atoms. The monoisotopic (exact) mass is 349 g/mol. The summed E-state index contributed by atoms with van der Waals surface area (Å²) < 4.78 is 13.0. The van der Waals surface area contributed by atoms with Gasteiger partial charge >= 0.3 is 0 Å². The number of amides is 2. The van der Waals surface area contributed by atoms with Gasteiger partial charge in [0, 0.05) is 18.7 Å². The molecule has 2 aromatic rings. The SMILES string of the molecule is CCNC(=O)CN(CC)C(=O)c1sc(-c2ccc(F)cc2)nc1C. The molecule has 0 fully saturated rings. The number of thiazole rings is 1. The van der Waals surface area contributed by atoms with Gasteiger partial charge in [-0.2, -0.15) is 0 Å². The molecule has 1 aromatic heterocycles. The van der Waals surface area contributed by atoms with Crippen molar-refractivity contribution in [2.45, 2.75) is 20.8 Å². The molecule has 1 N–H and O–H groups in total. The Morgan fingerprint density at radius 3 is 2.50 bits per heavy atom. The number of aryl methyl sites for hydroxylation is 1. The van der Waals surface area contributed by atoms with E-state index in [4.69, 9.17) is 0 Å². The summed E-state index contributed by atoms with van der Waals surface area (Å²) in [7, 11) is 0. The van der Waals surface area contributed by atoms with Crippen LogP contribution in [0.15, 0.2) is 24.3 Å².